The number of carbonyl (C=O) groups is 1. The van der Waals surface area contributed by atoms with Crippen molar-refractivity contribution in [3.05, 3.63) is 70.1 Å². The summed E-state index contributed by atoms with van der Waals surface area (Å²) in [6.45, 7) is 1.44. The topological polar surface area (TPSA) is 96.3 Å². The summed E-state index contributed by atoms with van der Waals surface area (Å²) in [6.07, 6.45) is 1.34. The first-order valence-corrected chi connectivity index (χ1v) is 12.3. The predicted molar refractivity (Wildman–Crippen MR) is 119 cm³/mol. The van der Waals surface area contributed by atoms with E-state index in [1.165, 1.54) is 22.3 Å². The lowest BCUT2D eigenvalue weighted by molar-refractivity contribution is 0.143. The molecule has 0 fully saturated rings. The number of nitrogens with zero attached hydrogens (tertiary/aromatic N) is 3. The standard InChI is InChI=1S/C21H24N4O3Si2/c22-25-24-12-6-14-30-28-29-13-5-11-23-21(26)27-15-20-18-9-3-1-7-16(18)17-8-2-4-10-19(17)20/h1-4,7-10,20H,5-6,11-15H2,(H,23,26). The van der Waals surface area contributed by atoms with E-state index in [1.54, 1.807) is 0 Å². The number of benzene rings is 2. The van der Waals surface area contributed by atoms with Crippen LogP contribution in [0.15, 0.2) is 53.6 Å². The van der Waals surface area contributed by atoms with Crippen LogP contribution < -0.4 is 5.32 Å². The highest BCUT2D eigenvalue weighted by Gasteiger charge is 2.28. The van der Waals surface area contributed by atoms with Gasteiger partial charge in [-0.05, 0) is 52.7 Å². The second-order valence-electron chi connectivity index (χ2n) is 6.80. The SMILES string of the molecule is [N-]=[N+]=NCCC[Si]O[Si]CCCNC(=O)OCC1c2ccccc2-c2ccccc21. The molecule has 30 heavy (non-hydrogen) atoms. The molecule has 1 amide bonds. The van der Waals surface area contributed by atoms with Crippen molar-refractivity contribution in [1.82, 2.24) is 5.32 Å². The van der Waals surface area contributed by atoms with Crippen LogP contribution in [0.3, 0.4) is 0 Å². The lowest BCUT2D eigenvalue weighted by Crippen LogP contribution is -2.27. The molecule has 0 aromatic heterocycles. The number of rotatable bonds is 12. The smallest absolute Gasteiger partial charge is 0.407 e. The number of hydrogen-bond acceptors (Lipinski definition) is 4. The molecule has 7 nitrogen and oxygen atoms in total. The molecule has 2 aromatic rings. The number of hydrogen-bond donors (Lipinski definition) is 1. The minimum Gasteiger partial charge on any atom is -0.457 e. The molecule has 0 unspecified atom stereocenters. The van der Waals surface area contributed by atoms with Crippen LogP contribution >= 0.6 is 0 Å². The molecular formula is C21H24N4O3Si2. The second kappa shape index (κ2) is 12.2. The van der Waals surface area contributed by atoms with E-state index < -0.39 is 0 Å². The van der Waals surface area contributed by atoms with E-state index in [9.17, 15) is 4.79 Å². The van der Waals surface area contributed by atoms with Gasteiger partial charge in [0.25, 0.3) is 0 Å². The molecule has 1 aliphatic carbocycles. The Labute approximate surface area is 181 Å². The number of fused-ring (bicyclic) bond motifs is 3. The maximum atomic E-state index is 12.1. The molecular weight excluding hydrogens is 412 g/mol. The largest absolute Gasteiger partial charge is 0.457 e. The van der Waals surface area contributed by atoms with E-state index in [1.807, 2.05) is 24.3 Å². The Balaban J connectivity index is 1.31. The quantitative estimate of drug-likeness (QED) is 0.172. The van der Waals surface area contributed by atoms with Crippen molar-refractivity contribution < 1.29 is 13.6 Å². The third-order valence-corrected chi connectivity index (χ3v) is 7.08. The average Bonchev–Trinajstić information content (AvgIpc) is 3.10. The molecule has 4 radical (unpaired) electrons. The number of carbonyl (C=O) groups excluding carboxylic acids is 1. The first kappa shape index (κ1) is 22.1. The van der Waals surface area contributed by atoms with Crippen LogP contribution in [-0.2, 0) is 8.85 Å². The fourth-order valence-corrected chi connectivity index (χ4v) is 5.27. The van der Waals surface area contributed by atoms with Gasteiger partial charge in [-0.25, -0.2) is 4.79 Å². The Hall–Kier alpha value is -2.59. The Morgan fingerprint density at radius 3 is 2.33 bits per heavy atom. The molecule has 9 heteroatoms. The number of nitrogens with one attached hydrogen (secondary N) is 1. The van der Waals surface area contributed by atoms with Crippen molar-refractivity contribution in [2.24, 2.45) is 5.11 Å². The summed E-state index contributed by atoms with van der Waals surface area (Å²) in [5.74, 6) is 0.0814. The van der Waals surface area contributed by atoms with Crippen LogP contribution in [0.5, 0.6) is 0 Å². The minimum atomic E-state index is -0.374. The van der Waals surface area contributed by atoms with Gasteiger partial charge in [-0.2, -0.15) is 0 Å². The van der Waals surface area contributed by atoms with Gasteiger partial charge in [0.2, 0.25) is 19.5 Å². The highest BCUT2D eigenvalue weighted by molar-refractivity contribution is 6.42. The zero-order valence-electron chi connectivity index (χ0n) is 16.7. The number of alkyl carbamates (subject to hydrolysis) is 1. The summed E-state index contributed by atoms with van der Waals surface area (Å²) in [7, 11) is 0.870. The molecule has 0 saturated heterocycles. The van der Waals surface area contributed by atoms with Gasteiger partial charge < -0.3 is 14.2 Å². The molecule has 3 rings (SSSR count). The van der Waals surface area contributed by atoms with Crippen LogP contribution in [0, 0.1) is 0 Å². The zero-order chi connectivity index (χ0) is 21.0. The molecule has 2 aromatic carbocycles. The van der Waals surface area contributed by atoms with Crippen molar-refractivity contribution in [3.8, 4) is 11.1 Å². The van der Waals surface area contributed by atoms with Gasteiger partial charge in [0, 0.05) is 23.9 Å². The minimum absolute atomic E-state index is 0.0814. The molecule has 0 aliphatic heterocycles. The summed E-state index contributed by atoms with van der Waals surface area (Å²) < 4.78 is 11.1. The summed E-state index contributed by atoms with van der Waals surface area (Å²) in [6, 6.07) is 18.4. The van der Waals surface area contributed by atoms with Crippen LogP contribution in [0.2, 0.25) is 12.1 Å². The highest BCUT2D eigenvalue weighted by atomic mass is 28.3. The van der Waals surface area contributed by atoms with Crippen molar-refractivity contribution in [1.29, 1.82) is 0 Å². The molecule has 1 N–H and O–H groups in total. The number of azide groups is 1. The molecule has 0 bridgehead atoms. The summed E-state index contributed by atoms with van der Waals surface area (Å²) in [5.41, 5.74) is 13.1. The Morgan fingerprint density at radius 1 is 1.03 bits per heavy atom. The van der Waals surface area contributed by atoms with E-state index in [2.05, 4.69) is 39.6 Å². The van der Waals surface area contributed by atoms with Gasteiger partial charge in [0.15, 0.2) is 0 Å². The first-order valence-electron chi connectivity index (χ1n) is 10.0. The predicted octanol–water partition coefficient (Wildman–Crippen LogP) is 4.71. The van der Waals surface area contributed by atoms with E-state index in [0.717, 1.165) is 24.9 Å². The highest BCUT2D eigenvalue weighted by Crippen LogP contribution is 2.44. The fourth-order valence-electron chi connectivity index (χ4n) is 3.42. The third kappa shape index (κ3) is 6.20. The molecule has 0 spiro atoms. The second-order valence-corrected chi connectivity index (χ2v) is 9.20. The van der Waals surface area contributed by atoms with Crippen molar-refractivity contribution >= 4 is 25.6 Å². The van der Waals surface area contributed by atoms with Gasteiger partial charge in [0.05, 0.1) is 0 Å². The lowest BCUT2D eigenvalue weighted by atomic mass is 9.98. The maximum absolute atomic E-state index is 12.1. The van der Waals surface area contributed by atoms with Crippen LogP contribution in [-0.4, -0.2) is 45.3 Å². The van der Waals surface area contributed by atoms with Crippen molar-refractivity contribution in [2.45, 2.75) is 30.8 Å². The molecule has 0 saturated carbocycles. The Morgan fingerprint density at radius 2 is 1.67 bits per heavy atom. The van der Waals surface area contributed by atoms with E-state index in [-0.39, 0.29) is 12.0 Å². The van der Waals surface area contributed by atoms with Crippen LogP contribution in [0.1, 0.15) is 29.9 Å². The van der Waals surface area contributed by atoms with Crippen LogP contribution in [0.25, 0.3) is 21.6 Å². The number of amides is 1. The van der Waals surface area contributed by atoms with Gasteiger partial charge in [-0.15, -0.1) is 0 Å². The van der Waals surface area contributed by atoms with Crippen molar-refractivity contribution in [3.63, 3.8) is 0 Å². The molecule has 154 valence electrons. The molecule has 1 aliphatic rings. The van der Waals surface area contributed by atoms with Gasteiger partial charge in [0.1, 0.15) is 6.61 Å². The van der Waals surface area contributed by atoms with Gasteiger partial charge in [-0.3, -0.25) is 0 Å². The third-order valence-electron chi connectivity index (χ3n) is 4.81. The summed E-state index contributed by atoms with van der Waals surface area (Å²) in [4.78, 5) is 14.8. The Bertz CT molecular complexity index is 845. The monoisotopic (exact) mass is 436 g/mol. The molecule has 0 heterocycles. The van der Waals surface area contributed by atoms with Crippen LogP contribution in [0.4, 0.5) is 4.79 Å². The summed E-state index contributed by atoms with van der Waals surface area (Å²) in [5, 5.41) is 6.31. The van der Waals surface area contributed by atoms with Crippen molar-refractivity contribution in [2.75, 3.05) is 19.7 Å². The molecule has 0 atom stereocenters. The van der Waals surface area contributed by atoms with Gasteiger partial charge >= 0.3 is 6.09 Å². The summed E-state index contributed by atoms with van der Waals surface area (Å²) >= 11 is 0. The van der Waals surface area contributed by atoms with E-state index >= 15 is 0 Å². The first-order chi connectivity index (χ1) is 14.8. The lowest BCUT2D eigenvalue weighted by Gasteiger charge is -2.14. The normalized spacial score (nSPS) is 12.0. The average molecular weight is 437 g/mol. The van der Waals surface area contributed by atoms with E-state index in [0.29, 0.717) is 39.2 Å². The Kier molecular flexibility index (Phi) is 8.98. The fraction of sp³-hybridized carbons (Fsp3) is 0.381. The number of ether oxygens (including phenoxy) is 1. The van der Waals surface area contributed by atoms with Gasteiger partial charge in [-0.1, -0.05) is 53.6 Å². The van der Waals surface area contributed by atoms with E-state index in [4.69, 9.17) is 14.4 Å². The zero-order valence-corrected chi connectivity index (χ0v) is 18.7. The maximum Gasteiger partial charge on any atom is 0.407 e.